The van der Waals surface area contributed by atoms with E-state index in [9.17, 15) is 8.42 Å². The monoisotopic (exact) mass is 534 g/mol. The zero-order valence-electron chi connectivity index (χ0n) is 30.5. The lowest BCUT2D eigenvalue weighted by Crippen LogP contribution is -2.40. The average Bonchev–Trinajstić information content (AvgIpc) is 3.15. The van der Waals surface area contributed by atoms with E-state index in [2.05, 4.69) is 20.6 Å². The second-order valence-electron chi connectivity index (χ2n) is 8.67. The summed E-state index contributed by atoms with van der Waals surface area (Å²) in [4.78, 5) is 10.1. The first-order valence-corrected chi connectivity index (χ1v) is 13.0. The Labute approximate surface area is 233 Å². The number of aromatic nitrogens is 2. The van der Waals surface area contributed by atoms with Crippen LogP contribution in [0.15, 0.2) is 59.6 Å². The van der Waals surface area contributed by atoms with Crippen molar-refractivity contribution in [3.05, 3.63) is 60.3 Å². The Balaban J connectivity index is 1.40. The third-order valence-electron chi connectivity index (χ3n) is 5.23. The first-order valence-electron chi connectivity index (χ1n) is 16.5. The van der Waals surface area contributed by atoms with Crippen molar-refractivity contribution >= 4 is 33.2 Å². The van der Waals surface area contributed by atoms with Gasteiger partial charge in [-0.15, -0.1) is 0 Å². The fourth-order valence-corrected chi connectivity index (χ4v) is 4.63. The molecule has 3 N–H and O–H groups in total. The lowest BCUT2D eigenvalue weighted by atomic mass is 10.1. The Bertz CT molecular complexity index is 1660. The van der Waals surface area contributed by atoms with E-state index in [0.717, 1.165) is 6.92 Å². The molecule has 1 aromatic heterocycles. The summed E-state index contributed by atoms with van der Waals surface area (Å²) in [6, 6.07) is 12.4. The quantitative estimate of drug-likeness (QED) is 0.340. The largest absolute Gasteiger partial charge is 0.492 e. The summed E-state index contributed by atoms with van der Waals surface area (Å²) in [5, 5.41) is 6.09. The molecule has 0 spiro atoms. The molecular weight excluding hydrogens is 488 g/mol. The molecule has 37 heavy (non-hydrogen) atoms. The van der Waals surface area contributed by atoms with Gasteiger partial charge in [-0.05, 0) is 95.9 Å². The molecule has 2 aromatic carbocycles. The van der Waals surface area contributed by atoms with E-state index in [1.165, 1.54) is 18.2 Å². The van der Waals surface area contributed by atoms with Crippen LogP contribution in [-0.2, 0) is 10.0 Å². The molecule has 0 bridgehead atoms. The molecule has 0 radical (unpaired) electrons. The number of ether oxygens (including phenoxy) is 1. The summed E-state index contributed by atoms with van der Waals surface area (Å²) in [7, 11) is -4.58. The highest BCUT2D eigenvalue weighted by atomic mass is 32.2. The highest BCUT2D eigenvalue weighted by Gasteiger charge is 2.22. The molecule has 0 atom stereocenters. The van der Waals surface area contributed by atoms with Gasteiger partial charge >= 0.3 is 0 Å². The molecule has 0 saturated carbocycles. The maximum Gasteiger partial charge on any atom is 0.241 e. The van der Waals surface area contributed by atoms with Crippen LogP contribution in [0.3, 0.4) is 0 Å². The van der Waals surface area contributed by atoms with Crippen molar-refractivity contribution in [2.24, 2.45) is 0 Å². The predicted molar refractivity (Wildman–Crippen MR) is 147 cm³/mol. The molecule has 1 fully saturated rings. The highest BCUT2D eigenvalue weighted by Crippen LogP contribution is 2.24. The Morgan fingerprint density at radius 2 is 1.86 bits per heavy atom. The summed E-state index contributed by atoms with van der Waals surface area (Å²) in [6.07, 6.45) is -2.27. The number of nitrogens with zero attached hydrogens (tertiary/aromatic N) is 3. The molecule has 198 valence electrons. The van der Waals surface area contributed by atoms with Crippen molar-refractivity contribution in [3.8, 4) is 5.75 Å². The molecule has 3 aromatic rings. The highest BCUT2D eigenvalue weighted by molar-refractivity contribution is 7.89. The van der Waals surface area contributed by atoms with E-state index in [1.54, 1.807) is 48.4 Å². The van der Waals surface area contributed by atoms with Crippen molar-refractivity contribution in [2.45, 2.75) is 50.7 Å². The molecule has 10 heteroatoms. The summed E-state index contributed by atoms with van der Waals surface area (Å²) >= 11 is 0. The van der Waals surface area contributed by atoms with Crippen molar-refractivity contribution in [1.29, 1.82) is 0 Å². The SMILES string of the molecule is [2H]C([2H])([2H])C(C)(NS(=O)(=O)c1cccc(Nc2nc(Nc3ccc(OCCN4CC([2H])([2H])C([2H])([2H])C4)cc3)ncc2C)c1)C([2H])([2H])[2H]. The fourth-order valence-electron chi connectivity index (χ4n) is 3.44. The molecular formula is C27H36N6O3S. The lowest BCUT2D eigenvalue weighted by Gasteiger charge is -2.20. The topological polar surface area (TPSA) is 108 Å². The summed E-state index contributed by atoms with van der Waals surface area (Å²) < 4.78 is 111. The second-order valence-corrected chi connectivity index (χ2v) is 10.4. The normalized spacial score (nSPS) is 21.9. The number of anilines is 4. The lowest BCUT2D eigenvalue weighted by molar-refractivity contribution is 0.238. The summed E-state index contributed by atoms with van der Waals surface area (Å²) in [5.74, 6) is 1.13. The number of nitrogens with one attached hydrogen (secondary N) is 3. The minimum Gasteiger partial charge on any atom is -0.492 e. The van der Waals surface area contributed by atoms with Gasteiger partial charge in [0.05, 0.1) is 4.90 Å². The smallest absolute Gasteiger partial charge is 0.241 e. The van der Waals surface area contributed by atoms with Gasteiger partial charge in [0.1, 0.15) is 18.2 Å². The first-order chi connectivity index (χ1) is 21.5. The maximum absolute atomic E-state index is 13.1. The number of likely N-dealkylation sites (tertiary alicyclic amines) is 1. The van der Waals surface area contributed by atoms with Crippen LogP contribution in [0, 0.1) is 6.92 Å². The molecule has 2 heterocycles. The number of hydrogen-bond donors (Lipinski definition) is 3. The molecule has 9 nitrogen and oxygen atoms in total. The molecule has 0 unspecified atom stereocenters. The standard InChI is InChI=1S/C27H36N6O3S/c1-20-19-28-26(30-21-10-12-23(13-11-21)36-17-16-33-14-5-6-15-33)31-25(20)29-22-8-7-9-24(18-22)37(34,35)32-27(2,3)4/h7-13,18-19,32H,5-6,14-17H2,1-4H3,(H2,28,29,30,31)/i2D3,3D3,5D2,6D2. The Hall–Kier alpha value is -3.21. The molecule has 0 amide bonds. The third kappa shape index (κ3) is 7.88. The Morgan fingerprint density at radius 1 is 1.11 bits per heavy atom. The van der Waals surface area contributed by atoms with Crippen LogP contribution < -0.4 is 20.1 Å². The minimum atomic E-state index is -4.58. The van der Waals surface area contributed by atoms with Gasteiger partial charge in [-0.25, -0.2) is 18.1 Å². The number of benzene rings is 2. The molecule has 1 saturated heterocycles. The van der Waals surface area contributed by atoms with Crippen molar-refractivity contribution in [3.63, 3.8) is 0 Å². The average molecular weight is 535 g/mol. The first kappa shape index (κ1) is 16.6. The van der Waals surface area contributed by atoms with E-state index in [1.807, 2.05) is 4.72 Å². The second kappa shape index (κ2) is 11.5. The molecule has 0 aliphatic carbocycles. The van der Waals surface area contributed by atoms with E-state index in [-0.39, 0.29) is 36.2 Å². The van der Waals surface area contributed by atoms with Gasteiger partial charge < -0.3 is 15.4 Å². The number of hydrogen-bond acceptors (Lipinski definition) is 8. The van der Waals surface area contributed by atoms with Crippen LogP contribution >= 0.6 is 0 Å². The van der Waals surface area contributed by atoms with Gasteiger partial charge in [0.2, 0.25) is 16.0 Å². The third-order valence-corrected chi connectivity index (χ3v) is 6.79. The number of sulfonamides is 1. The van der Waals surface area contributed by atoms with Gasteiger partial charge in [0.15, 0.2) is 0 Å². The van der Waals surface area contributed by atoms with Crippen LogP contribution in [0.25, 0.3) is 0 Å². The minimum absolute atomic E-state index is 0.000248. The van der Waals surface area contributed by atoms with Crippen LogP contribution in [0.4, 0.5) is 23.1 Å². The van der Waals surface area contributed by atoms with Gasteiger partial charge in [-0.1, -0.05) is 6.07 Å². The zero-order valence-corrected chi connectivity index (χ0v) is 21.3. The van der Waals surface area contributed by atoms with Crippen LogP contribution in [0.5, 0.6) is 5.75 Å². The Morgan fingerprint density at radius 3 is 2.59 bits per heavy atom. The van der Waals surface area contributed by atoms with E-state index >= 15 is 0 Å². The van der Waals surface area contributed by atoms with E-state index in [4.69, 9.17) is 18.4 Å². The van der Waals surface area contributed by atoms with Gasteiger partial charge in [0, 0.05) is 48.9 Å². The van der Waals surface area contributed by atoms with Crippen LogP contribution in [-0.4, -0.2) is 55.1 Å². The van der Waals surface area contributed by atoms with Crippen molar-refractivity contribution < 1.29 is 26.9 Å². The van der Waals surface area contributed by atoms with Gasteiger partial charge in [-0.3, -0.25) is 4.90 Å². The van der Waals surface area contributed by atoms with Crippen molar-refractivity contribution in [2.75, 3.05) is 36.9 Å². The van der Waals surface area contributed by atoms with Gasteiger partial charge in [0.25, 0.3) is 0 Å². The van der Waals surface area contributed by atoms with Crippen LogP contribution in [0.2, 0.25) is 0 Å². The molecule has 1 aliphatic heterocycles. The Kier molecular flexibility index (Phi) is 5.14. The fraction of sp³-hybridized carbons (Fsp3) is 0.407. The van der Waals surface area contributed by atoms with Crippen molar-refractivity contribution in [1.82, 2.24) is 19.6 Å². The summed E-state index contributed by atoms with van der Waals surface area (Å²) in [5.41, 5.74) is -1.18. The number of rotatable bonds is 10. The van der Waals surface area contributed by atoms with Gasteiger partial charge in [-0.2, -0.15) is 4.98 Å². The van der Waals surface area contributed by atoms with Crippen LogP contribution in [0.1, 0.15) is 52.6 Å². The van der Waals surface area contributed by atoms with E-state index < -0.39 is 42.0 Å². The maximum atomic E-state index is 13.1. The molecule has 1 aliphatic rings. The zero-order chi connectivity index (χ0) is 35.1. The summed E-state index contributed by atoms with van der Waals surface area (Å²) in [6.45, 7) is -3.13. The predicted octanol–water partition coefficient (Wildman–Crippen LogP) is 4.82. The number of aryl methyl sites for hydroxylation is 1. The van der Waals surface area contributed by atoms with E-state index in [0.29, 0.717) is 29.4 Å². The molecule has 4 rings (SSSR count).